The lowest BCUT2D eigenvalue weighted by Gasteiger charge is -2.04. The Balaban J connectivity index is 2.19. The summed E-state index contributed by atoms with van der Waals surface area (Å²) in [5.74, 6) is 0.623. The predicted octanol–water partition coefficient (Wildman–Crippen LogP) is 2.50. The first-order valence-corrected chi connectivity index (χ1v) is 5.94. The Hall–Kier alpha value is -1.49. The van der Waals surface area contributed by atoms with Crippen LogP contribution in [0.3, 0.4) is 0 Å². The number of rotatable bonds is 3. The first-order chi connectivity index (χ1) is 7.65. The van der Waals surface area contributed by atoms with E-state index in [0.717, 1.165) is 23.5 Å². The third-order valence-electron chi connectivity index (χ3n) is 2.10. The molecule has 84 valence electrons. The lowest BCUT2D eigenvalue weighted by molar-refractivity contribution is 0.465. The molecule has 2 rings (SSSR count). The Labute approximate surface area is 98.0 Å². The van der Waals surface area contributed by atoms with Crippen molar-refractivity contribution < 1.29 is 5.11 Å². The standard InChI is InChI=1S/C11H13N3OS/c1-7(2)5-8-3-4-9(12-6-8)10-13-14-11(15)16-10/h3-4,6-7H,5H2,1-2H3,(H,14,15). The first-order valence-electron chi connectivity index (χ1n) is 5.13. The summed E-state index contributed by atoms with van der Waals surface area (Å²) in [5, 5.41) is 17.1. The van der Waals surface area contributed by atoms with Gasteiger partial charge in [0.05, 0.1) is 0 Å². The molecule has 2 aromatic rings. The summed E-state index contributed by atoms with van der Waals surface area (Å²) in [4.78, 5) is 4.31. The average Bonchev–Trinajstić information content (AvgIpc) is 2.65. The Bertz CT molecular complexity index is 464. The number of aromatic hydroxyl groups is 1. The molecule has 4 nitrogen and oxygen atoms in total. The van der Waals surface area contributed by atoms with E-state index in [2.05, 4.69) is 29.0 Å². The van der Waals surface area contributed by atoms with E-state index in [0.29, 0.717) is 10.9 Å². The summed E-state index contributed by atoms with van der Waals surface area (Å²) in [5.41, 5.74) is 1.97. The molecule has 0 unspecified atom stereocenters. The number of pyridine rings is 1. The maximum Gasteiger partial charge on any atom is 0.291 e. The fourth-order valence-electron chi connectivity index (χ4n) is 1.46. The van der Waals surface area contributed by atoms with Gasteiger partial charge in [-0.05, 0) is 24.0 Å². The molecule has 0 aliphatic carbocycles. The molecule has 0 amide bonds. The van der Waals surface area contributed by atoms with Crippen LogP contribution in [0.5, 0.6) is 5.19 Å². The van der Waals surface area contributed by atoms with Crippen molar-refractivity contribution in [1.82, 2.24) is 15.2 Å². The first kappa shape index (κ1) is 11.0. The van der Waals surface area contributed by atoms with Crippen LogP contribution in [0.2, 0.25) is 0 Å². The fraction of sp³-hybridized carbons (Fsp3) is 0.364. The zero-order valence-corrected chi connectivity index (χ0v) is 10.0. The molecule has 0 fully saturated rings. The summed E-state index contributed by atoms with van der Waals surface area (Å²) in [6.07, 6.45) is 2.88. The van der Waals surface area contributed by atoms with E-state index in [1.54, 1.807) is 0 Å². The summed E-state index contributed by atoms with van der Waals surface area (Å²) in [7, 11) is 0. The topological polar surface area (TPSA) is 58.9 Å². The number of nitrogens with zero attached hydrogens (tertiary/aromatic N) is 3. The minimum Gasteiger partial charge on any atom is -0.485 e. The Kier molecular flexibility index (Phi) is 3.14. The summed E-state index contributed by atoms with van der Waals surface area (Å²) >= 11 is 1.13. The molecule has 5 heteroatoms. The number of aromatic nitrogens is 3. The quantitative estimate of drug-likeness (QED) is 0.888. The van der Waals surface area contributed by atoms with Gasteiger partial charge < -0.3 is 5.11 Å². The van der Waals surface area contributed by atoms with Crippen LogP contribution in [0.4, 0.5) is 0 Å². The molecule has 0 atom stereocenters. The smallest absolute Gasteiger partial charge is 0.291 e. The second kappa shape index (κ2) is 4.57. The highest BCUT2D eigenvalue weighted by molar-refractivity contribution is 7.16. The summed E-state index contributed by atoms with van der Waals surface area (Å²) in [6, 6.07) is 3.96. The summed E-state index contributed by atoms with van der Waals surface area (Å²) < 4.78 is 0. The summed E-state index contributed by atoms with van der Waals surface area (Å²) in [6.45, 7) is 4.35. The van der Waals surface area contributed by atoms with Gasteiger partial charge >= 0.3 is 0 Å². The second-order valence-electron chi connectivity index (χ2n) is 4.04. The van der Waals surface area contributed by atoms with Gasteiger partial charge in [-0.2, -0.15) is 0 Å². The van der Waals surface area contributed by atoms with E-state index in [1.165, 1.54) is 5.56 Å². The van der Waals surface area contributed by atoms with Gasteiger partial charge in [-0.3, -0.25) is 4.98 Å². The van der Waals surface area contributed by atoms with Gasteiger partial charge in [0, 0.05) is 6.20 Å². The largest absolute Gasteiger partial charge is 0.485 e. The lowest BCUT2D eigenvalue weighted by Crippen LogP contribution is -1.95. The Morgan fingerprint density at radius 3 is 2.62 bits per heavy atom. The normalized spacial score (nSPS) is 10.9. The van der Waals surface area contributed by atoms with Crippen LogP contribution < -0.4 is 0 Å². The van der Waals surface area contributed by atoms with Crippen LogP contribution >= 0.6 is 11.3 Å². The second-order valence-corrected chi connectivity index (χ2v) is 5.00. The third kappa shape index (κ3) is 2.55. The van der Waals surface area contributed by atoms with Gasteiger partial charge in [0.2, 0.25) is 0 Å². The minimum absolute atomic E-state index is 0.0249. The highest BCUT2D eigenvalue weighted by Gasteiger charge is 2.07. The van der Waals surface area contributed by atoms with Crippen LogP contribution in [0.15, 0.2) is 18.3 Å². The third-order valence-corrected chi connectivity index (χ3v) is 2.85. The molecule has 2 heterocycles. The average molecular weight is 235 g/mol. The van der Waals surface area contributed by atoms with E-state index < -0.39 is 0 Å². The van der Waals surface area contributed by atoms with Gasteiger partial charge in [-0.25, -0.2) is 0 Å². The minimum atomic E-state index is -0.0249. The van der Waals surface area contributed by atoms with E-state index in [4.69, 9.17) is 5.11 Å². The highest BCUT2D eigenvalue weighted by Crippen LogP contribution is 2.25. The fourth-order valence-corrected chi connectivity index (χ4v) is 2.02. The van der Waals surface area contributed by atoms with Crippen LogP contribution in [0.1, 0.15) is 19.4 Å². The molecular formula is C11H13N3OS. The van der Waals surface area contributed by atoms with Crippen molar-refractivity contribution in [2.75, 3.05) is 0 Å². The molecule has 16 heavy (non-hydrogen) atoms. The lowest BCUT2D eigenvalue weighted by atomic mass is 10.0. The molecule has 0 saturated carbocycles. The molecule has 0 radical (unpaired) electrons. The Morgan fingerprint density at radius 2 is 2.12 bits per heavy atom. The molecule has 0 bridgehead atoms. The van der Waals surface area contributed by atoms with Crippen LogP contribution in [0.25, 0.3) is 10.7 Å². The van der Waals surface area contributed by atoms with Crippen molar-refractivity contribution in [3.8, 4) is 15.9 Å². The van der Waals surface area contributed by atoms with E-state index >= 15 is 0 Å². The van der Waals surface area contributed by atoms with Crippen LogP contribution in [-0.4, -0.2) is 20.3 Å². The van der Waals surface area contributed by atoms with Crippen molar-refractivity contribution in [3.63, 3.8) is 0 Å². The van der Waals surface area contributed by atoms with Crippen molar-refractivity contribution in [1.29, 1.82) is 0 Å². The maximum absolute atomic E-state index is 9.11. The molecule has 1 N–H and O–H groups in total. The van der Waals surface area contributed by atoms with Gasteiger partial charge in [0.15, 0.2) is 5.01 Å². The monoisotopic (exact) mass is 235 g/mol. The molecule has 2 aromatic heterocycles. The van der Waals surface area contributed by atoms with Crippen molar-refractivity contribution in [2.24, 2.45) is 5.92 Å². The molecule has 0 aromatic carbocycles. The van der Waals surface area contributed by atoms with Crippen molar-refractivity contribution in [2.45, 2.75) is 20.3 Å². The number of hydrogen-bond donors (Lipinski definition) is 1. The van der Waals surface area contributed by atoms with Crippen LogP contribution in [0, 0.1) is 5.92 Å². The van der Waals surface area contributed by atoms with E-state index in [-0.39, 0.29) is 5.19 Å². The Morgan fingerprint density at radius 1 is 1.31 bits per heavy atom. The molecular weight excluding hydrogens is 222 g/mol. The van der Waals surface area contributed by atoms with Crippen molar-refractivity contribution in [3.05, 3.63) is 23.9 Å². The highest BCUT2D eigenvalue weighted by atomic mass is 32.1. The van der Waals surface area contributed by atoms with Crippen LogP contribution in [-0.2, 0) is 6.42 Å². The van der Waals surface area contributed by atoms with E-state index in [1.807, 2.05) is 18.3 Å². The van der Waals surface area contributed by atoms with E-state index in [9.17, 15) is 0 Å². The molecule has 0 aliphatic rings. The molecule has 0 saturated heterocycles. The zero-order chi connectivity index (χ0) is 11.5. The molecule has 0 spiro atoms. The van der Waals surface area contributed by atoms with Gasteiger partial charge in [0.25, 0.3) is 5.19 Å². The van der Waals surface area contributed by atoms with Gasteiger partial charge in [-0.15, -0.1) is 5.10 Å². The molecule has 0 aliphatic heterocycles. The SMILES string of the molecule is CC(C)Cc1ccc(-c2nnc(O)s2)nc1. The van der Waals surface area contributed by atoms with Crippen molar-refractivity contribution >= 4 is 11.3 Å². The number of hydrogen-bond acceptors (Lipinski definition) is 5. The predicted molar refractivity (Wildman–Crippen MR) is 63.3 cm³/mol. The van der Waals surface area contributed by atoms with Gasteiger partial charge in [-0.1, -0.05) is 36.3 Å². The van der Waals surface area contributed by atoms with Gasteiger partial charge in [0.1, 0.15) is 5.69 Å². The zero-order valence-electron chi connectivity index (χ0n) is 9.21. The maximum atomic E-state index is 9.11.